The quantitative estimate of drug-likeness (QED) is 0.534. The fraction of sp³-hybridized carbons (Fsp3) is 0.368. The first-order valence-corrected chi connectivity index (χ1v) is 7.67. The predicted molar refractivity (Wildman–Crippen MR) is 89.2 cm³/mol. The Hall–Kier alpha value is -2.64. The van der Waals surface area contributed by atoms with Gasteiger partial charge in [-0.3, -0.25) is 0 Å². The van der Waals surface area contributed by atoms with Crippen LogP contribution >= 0.6 is 0 Å². The minimum atomic E-state index is -0.302. The molecule has 0 saturated heterocycles. The second-order valence-corrected chi connectivity index (χ2v) is 5.68. The third-order valence-corrected chi connectivity index (χ3v) is 4.05. The average Bonchev–Trinajstić information content (AvgIpc) is 2.54. The van der Waals surface area contributed by atoms with Crippen LogP contribution in [0.2, 0.25) is 0 Å². The van der Waals surface area contributed by atoms with Crippen LogP contribution in [0, 0.1) is 5.92 Å². The van der Waals surface area contributed by atoms with Crippen molar-refractivity contribution in [2.24, 2.45) is 5.92 Å². The molecule has 2 rings (SSSR count). The smallest absolute Gasteiger partial charge is 0.0568 e. The van der Waals surface area contributed by atoms with Gasteiger partial charge in [0.2, 0.25) is 0 Å². The Morgan fingerprint density at radius 1 is 0.909 bits per heavy atom. The summed E-state index contributed by atoms with van der Waals surface area (Å²) in [5, 5.41) is 10.1. The van der Waals surface area contributed by atoms with Gasteiger partial charge in [-0.15, -0.1) is 0 Å². The summed E-state index contributed by atoms with van der Waals surface area (Å²) in [6, 6.07) is 18.9. The molecular formula is C19H24NORf-. The molecule has 0 aromatic heterocycles. The average molecular weight is 549 g/mol. The van der Waals surface area contributed by atoms with Gasteiger partial charge in [-0.1, -0.05) is 67.9 Å². The zero-order valence-electron chi connectivity index (χ0n) is 13.3. The summed E-state index contributed by atoms with van der Waals surface area (Å²) in [6.45, 7) is 2.42. The molecular weight excluding hydrogens is 525 g/mol. The molecule has 0 radical (unpaired) electrons. The Kier molecular flexibility index (Phi) is 6.81. The summed E-state index contributed by atoms with van der Waals surface area (Å²) in [5.41, 5.74) is 10.9. The van der Waals surface area contributed by atoms with E-state index in [2.05, 4.69) is 36.4 Å². The fourth-order valence-electron chi connectivity index (χ4n) is 2.51. The van der Waals surface area contributed by atoms with Crippen molar-refractivity contribution < 1.29 is 5.11 Å². The molecule has 114 valence electrons. The van der Waals surface area contributed by atoms with Crippen LogP contribution in [0.25, 0.3) is 16.9 Å². The first kappa shape index (κ1) is 17.4. The fourth-order valence-corrected chi connectivity index (χ4v) is 2.51. The van der Waals surface area contributed by atoms with Crippen LogP contribution in [0.3, 0.4) is 0 Å². The number of rotatable bonds is 7. The van der Waals surface area contributed by atoms with Gasteiger partial charge in [0.25, 0.3) is 0 Å². The van der Waals surface area contributed by atoms with Crippen LogP contribution in [0.1, 0.15) is 25.3 Å². The number of aliphatic hydroxyl groups excluding tert-OH is 1. The molecule has 0 fully saturated rings. The Balaban J connectivity index is 0.00000242. The van der Waals surface area contributed by atoms with E-state index < -0.39 is 0 Å². The van der Waals surface area contributed by atoms with E-state index in [0.717, 1.165) is 19.3 Å². The van der Waals surface area contributed by atoms with Crippen molar-refractivity contribution in [1.82, 2.24) is 0 Å². The molecule has 2 aromatic rings. The van der Waals surface area contributed by atoms with Crippen LogP contribution < -0.4 is 0 Å². The number of hydrogen-bond acceptors (Lipinski definition) is 1. The van der Waals surface area contributed by atoms with E-state index in [4.69, 9.17) is 5.73 Å². The van der Waals surface area contributed by atoms with Crippen molar-refractivity contribution in [2.75, 3.05) is 6.54 Å². The number of nitrogens with one attached hydrogen (secondary N) is 1. The maximum atomic E-state index is 10.1. The maximum Gasteiger partial charge on any atom is 0.0568 e. The van der Waals surface area contributed by atoms with Gasteiger partial charge in [-0.05, 0) is 35.4 Å². The Labute approximate surface area is 127 Å². The summed E-state index contributed by atoms with van der Waals surface area (Å²) < 4.78 is 0. The minimum absolute atomic E-state index is 0. The molecule has 0 aliphatic rings. The van der Waals surface area contributed by atoms with Crippen LogP contribution in [0.15, 0.2) is 54.6 Å². The largest absolute Gasteiger partial charge is 0.677 e. The zero-order chi connectivity index (χ0) is 15.1. The molecule has 0 amide bonds. The van der Waals surface area contributed by atoms with E-state index in [1.165, 1.54) is 16.7 Å². The number of aliphatic hydroxyl groups is 1. The Morgan fingerprint density at radius 3 is 2.09 bits per heavy atom. The van der Waals surface area contributed by atoms with Gasteiger partial charge < -0.3 is 10.8 Å². The predicted octanol–water partition coefficient (Wildman–Crippen LogP) is 4.73. The standard InChI is InChI=1S/C19H24NO.Rf/c1-15(13-14-20)19(21)12-9-16-7-10-18(11-8-16)17-5-3-2-4-6-17;/h2-8,10-11,15,19-21H,9,12-14H2,1H3;/q-1;. The van der Waals surface area contributed by atoms with Gasteiger partial charge in [-0.2, -0.15) is 6.54 Å². The molecule has 2 nitrogen and oxygen atoms in total. The molecule has 0 spiro atoms. The Bertz CT molecular complexity index is 527. The number of aryl methyl sites for hydroxylation is 1. The molecule has 22 heavy (non-hydrogen) atoms. The second-order valence-electron chi connectivity index (χ2n) is 5.68. The molecule has 2 aromatic carbocycles. The van der Waals surface area contributed by atoms with Crippen LogP contribution in [-0.2, 0) is 6.42 Å². The maximum absolute atomic E-state index is 10.1. The van der Waals surface area contributed by atoms with E-state index in [9.17, 15) is 5.11 Å². The van der Waals surface area contributed by atoms with Gasteiger partial charge in [0.1, 0.15) is 0 Å². The molecule has 3 heteroatoms. The van der Waals surface area contributed by atoms with Gasteiger partial charge >= 0.3 is 0 Å². The molecule has 0 aliphatic carbocycles. The molecule has 2 N–H and O–H groups in total. The first-order chi connectivity index (χ1) is 10.2. The molecule has 0 aliphatic heterocycles. The van der Waals surface area contributed by atoms with Crippen molar-refractivity contribution in [3.63, 3.8) is 0 Å². The SMILES string of the molecule is CC(CC[NH-])C(O)CCc1ccc(-c2ccccc2)cc1.[Rf]. The van der Waals surface area contributed by atoms with Crippen LogP contribution in [-0.4, -0.2) is 17.8 Å². The molecule has 0 saturated carbocycles. The van der Waals surface area contributed by atoms with Crippen LogP contribution in [0.5, 0.6) is 0 Å². The van der Waals surface area contributed by atoms with Crippen molar-refractivity contribution >= 4 is 0 Å². The molecule has 2 atom stereocenters. The third kappa shape index (κ3) is 4.72. The van der Waals surface area contributed by atoms with Gasteiger partial charge in [0, 0.05) is 0 Å². The Morgan fingerprint density at radius 2 is 1.50 bits per heavy atom. The normalized spacial score (nSPS) is 13.2. The van der Waals surface area contributed by atoms with Gasteiger partial charge in [0.05, 0.1) is 6.10 Å². The monoisotopic (exact) mass is 549 g/mol. The zero-order valence-corrected chi connectivity index (χ0v) is 19.7. The summed E-state index contributed by atoms with van der Waals surface area (Å²) >= 11 is 0. The summed E-state index contributed by atoms with van der Waals surface area (Å²) in [6.07, 6.45) is 2.13. The summed E-state index contributed by atoms with van der Waals surface area (Å²) in [5.74, 6) is 0.214. The van der Waals surface area contributed by atoms with Gasteiger partial charge in [-0.25, -0.2) is 0 Å². The summed E-state index contributed by atoms with van der Waals surface area (Å²) in [7, 11) is 0. The van der Waals surface area contributed by atoms with Crippen molar-refractivity contribution in [3.8, 4) is 11.1 Å². The number of hydrogen-bond donors (Lipinski definition) is 1. The molecule has 2 unspecified atom stereocenters. The molecule has 0 heterocycles. The van der Waals surface area contributed by atoms with Crippen LogP contribution in [0.4, 0.5) is 0 Å². The third-order valence-electron chi connectivity index (χ3n) is 4.05. The second kappa shape index (κ2) is 8.60. The van der Waals surface area contributed by atoms with E-state index in [-0.39, 0.29) is 12.0 Å². The number of benzene rings is 2. The minimum Gasteiger partial charge on any atom is -0.677 e. The van der Waals surface area contributed by atoms with E-state index >= 15 is 0 Å². The molecule has 0 bridgehead atoms. The van der Waals surface area contributed by atoms with E-state index in [1.54, 1.807) is 0 Å². The topological polar surface area (TPSA) is 44.0 Å². The van der Waals surface area contributed by atoms with Crippen molar-refractivity contribution in [1.29, 1.82) is 0 Å². The van der Waals surface area contributed by atoms with Crippen molar-refractivity contribution in [2.45, 2.75) is 32.3 Å². The van der Waals surface area contributed by atoms with E-state index in [1.807, 2.05) is 25.1 Å². The first-order valence-electron chi connectivity index (χ1n) is 7.67. The van der Waals surface area contributed by atoms with Crippen molar-refractivity contribution in [3.05, 3.63) is 65.9 Å². The van der Waals surface area contributed by atoms with Gasteiger partial charge in [0.15, 0.2) is 0 Å². The van der Waals surface area contributed by atoms with E-state index in [0.29, 0.717) is 6.54 Å². The summed E-state index contributed by atoms with van der Waals surface area (Å²) in [4.78, 5) is 0.